The molecule has 1 heterocycles. The Bertz CT molecular complexity index is 505. The molecule has 4 heteroatoms. The van der Waals surface area contributed by atoms with Crippen molar-refractivity contribution in [1.82, 2.24) is 4.98 Å². The fourth-order valence-electron chi connectivity index (χ4n) is 1.57. The van der Waals surface area contributed by atoms with Gasteiger partial charge in [-0.2, -0.15) is 0 Å². The van der Waals surface area contributed by atoms with Gasteiger partial charge in [-0.15, -0.1) is 0 Å². The van der Waals surface area contributed by atoms with Crippen molar-refractivity contribution in [1.29, 1.82) is 0 Å². The molecule has 0 unspecified atom stereocenters. The van der Waals surface area contributed by atoms with Crippen LogP contribution in [0.2, 0.25) is 0 Å². The molecule has 1 aromatic carbocycles. The molecule has 0 saturated carbocycles. The van der Waals surface area contributed by atoms with Gasteiger partial charge in [-0.25, -0.2) is 0 Å². The van der Waals surface area contributed by atoms with E-state index in [-0.39, 0.29) is 5.91 Å². The quantitative estimate of drug-likeness (QED) is 0.815. The van der Waals surface area contributed by atoms with E-state index in [1.165, 1.54) is 0 Å². The summed E-state index contributed by atoms with van der Waals surface area (Å²) < 4.78 is 0. The molecule has 3 N–H and O–H groups in total. The second-order valence-corrected chi connectivity index (χ2v) is 3.49. The zero-order valence-corrected chi connectivity index (χ0v) is 8.81. The van der Waals surface area contributed by atoms with Gasteiger partial charge in [0, 0.05) is 30.7 Å². The van der Waals surface area contributed by atoms with Gasteiger partial charge in [-0.3, -0.25) is 9.78 Å². The smallest absolute Gasteiger partial charge is 0.225 e. The summed E-state index contributed by atoms with van der Waals surface area (Å²) in [5, 5.41) is 4.82. The SMILES string of the molecule is NCCC(=O)Nc1cccc2ccncc12. The summed E-state index contributed by atoms with van der Waals surface area (Å²) in [6.07, 6.45) is 3.80. The van der Waals surface area contributed by atoms with Crippen molar-refractivity contribution in [2.45, 2.75) is 6.42 Å². The highest BCUT2D eigenvalue weighted by Crippen LogP contribution is 2.21. The Labute approximate surface area is 93.5 Å². The van der Waals surface area contributed by atoms with Gasteiger partial charge in [0.2, 0.25) is 5.91 Å². The number of pyridine rings is 1. The van der Waals surface area contributed by atoms with E-state index >= 15 is 0 Å². The number of hydrogen-bond donors (Lipinski definition) is 2. The molecule has 0 spiro atoms. The largest absolute Gasteiger partial charge is 0.330 e. The van der Waals surface area contributed by atoms with Crippen LogP contribution in [0.25, 0.3) is 10.8 Å². The molecule has 1 aromatic heterocycles. The second-order valence-electron chi connectivity index (χ2n) is 3.49. The average molecular weight is 215 g/mol. The van der Waals surface area contributed by atoms with Crippen LogP contribution >= 0.6 is 0 Å². The highest BCUT2D eigenvalue weighted by Gasteiger charge is 2.04. The monoisotopic (exact) mass is 215 g/mol. The number of aromatic nitrogens is 1. The van der Waals surface area contributed by atoms with E-state index in [1.807, 2.05) is 24.3 Å². The van der Waals surface area contributed by atoms with Crippen molar-refractivity contribution in [3.05, 3.63) is 36.7 Å². The molecular weight excluding hydrogens is 202 g/mol. The molecule has 0 aliphatic rings. The molecule has 2 aromatic rings. The van der Waals surface area contributed by atoms with Gasteiger partial charge in [0.15, 0.2) is 0 Å². The zero-order valence-electron chi connectivity index (χ0n) is 8.81. The summed E-state index contributed by atoms with van der Waals surface area (Å²) in [4.78, 5) is 15.5. The van der Waals surface area contributed by atoms with Gasteiger partial charge in [0.05, 0.1) is 5.69 Å². The number of rotatable bonds is 3. The van der Waals surface area contributed by atoms with Gasteiger partial charge in [-0.05, 0) is 17.5 Å². The van der Waals surface area contributed by atoms with Gasteiger partial charge in [0.1, 0.15) is 0 Å². The number of hydrogen-bond acceptors (Lipinski definition) is 3. The highest BCUT2D eigenvalue weighted by atomic mass is 16.1. The van der Waals surface area contributed by atoms with E-state index in [4.69, 9.17) is 5.73 Å². The Balaban J connectivity index is 2.33. The van der Waals surface area contributed by atoms with Crippen molar-refractivity contribution in [3.63, 3.8) is 0 Å². The maximum Gasteiger partial charge on any atom is 0.225 e. The third-order valence-electron chi connectivity index (χ3n) is 2.33. The van der Waals surface area contributed by atoms with E-state index in [2.05, 4.69) is 10.3 Å². The predicted molar refractivity (Wildman–Crippen MR) is 64.0 cm³/mol. The van der Waals surface area contributed by atoms with Crippen LogP contribution in [0.4, 0.5) is 5.69 Å². The molecule has 82 valence electrons. The predicted octanol–water partition coefficient (Wildman–Crippen LogP) is 1.52. The first kappa shape index (κ1) is 10.6. The van der Waals surface area contributed by atoms with Crippen LogP contribution in [0.15, 0.2) is 36.7 Å². The second kappa shape index (κ2) is 4.72. The Morgan fingerprint density at radius 1 is 1.38 bits per heavy atom. The van der Waals surface area contributed by atoms with E-state index in [9.17, 15) is 4.79 Å². The number of nitrogens with one attached hydrogen (secondary N) is 1. The average Bonchev–Trinajstić information content (AvgIpc) is 2.30. The Kier molecular flexibility index (Phi) is 3.12. The van der Waals surface area contributed by atoms with Crippen molar-refractivity contribution in [3.8, 4) is 0 Å². The van der Waals surface area contributed by atoms with Gasteiger partial charge < -0.3 is 11.1 Å². The molecule has 4 nitrogen and oxygen atoms in total. The molecule has 0 saturated heterocycles. The lowest BCUT2D eigenvalue weighted by Crippen LogP contribution is -2.16. The topological polar surface area (TPSA) is 68.0 Å². The molecule has 1 amide bonds. The van der Waals surface area contributed by atoms with Crippen LogP contribution in [0.3, 0.4) is 0 Å². The normalized spacial score (nSPS) is 10.3. The van der Waals surface area contributed by atoms with Gasteiger partial charge in [0.25, 0.3) is 0 Å². The van der Waals surface area contributed by atoms with Crippen LogP contribution in [0.5, 0.6) is 0 Å². The number of fused-ring (bicyclic) bond motifs is 1. The molecule has 0 radical (unpaired) electrons. The Morgan fingerprint density at radius 2 is 2.25 bits per heavy atom. The van der Waals surface area contributed by atoms with Gasteiger partial charge in [-0.1, -0.05) is 12.1 Å². The summed E-state index contributed by atoms with van der Waals surface area (Å²) >= 11 is 0. The molecule has 0 fully saturated rings. The van der Waals surface area contributed by atoms with Crippen molar-refractivity contribution in [2.24, 2.45) is 5.73 Å². The minimum absolute atomic E-state index is 0.0705. The molecular formula is C12H13N3O. The van der Waals surface area contributed by atoms with Crippen molar-refractivity contribution >= 4 is 22.4 Å². The number of carbonyl (C=O) groups excluding carboxylic acids is 1. The van der Waals surface area contributed by atoms with Crippen LogP contribution in [0.1, 0.15) is 6.42 Å². The maximum atomic E-state index is 11.4. The van der Waals surface area contributed by atoms with Crippen LogP contribution in [-0.2, 0) is 4.79 Å². The first-order valence-corrected chi connectivity index (χ1v) is 5.14. The molecule has 16 heavy (non-hydrogen) atoms. The highest BCUT2D eigenvalue weighted by molar-refractivity contribution is 6.01. The number of anilines is 1. The number of amides is 1. The fourth-order valence-corrected chi connectivity index (χ4v) is 1.57. The first-order chi connectivity index (χ1) is 7.81. The van der Waals surface area contributed by atoms with E-state index < -0.39 is 0 Å². The van der Waals surface area contributed by atoms with E-state index in [0.29, 0.717) is 13.0 Å². The van der Waals surface area contributed by atoms with E-state index in [1.54, 1.807) is 12.4 Å². The summed E-state index contributed by atoms with van der Waals surface area (Å²) in [5.74, 6) is -0.0705. The fraction of sp³-hybridized carbons (Fsp3) is 0.167. The summed E-state index contributed by atoms with van der Waals surface area (Å²) in [6, 6.07) is 7.66. The molecule has 0 atom stereocenters. The summed E-state index contributed by atoms with van der Waals surface area (Å²) in [7, 11) is 0. The molecule has 2 rings (SSSR count). The van der Waals surface area contributed by atoms with Crippen molar-refractivity contribution < 1.29 is 4.79 Å². The molecule has 0 aliphatic carbocycles. The number of nitrogens with zero attached hydrogens (tertiary/aromatic N) is 1. The standard InChI is InChI=1S/C12H13N3O/c13-6-4-12(16)15-11-3-1-2-9-5-7-14-8-10(9)11/h1-3,5,7-8H,4,6,13H2,(H,15,16). The lowest BCUT2D eigenvalue weighted by Gasteiger charge is -2.07. The Hall–Kier alpha value is -1.94. The maximum absolute atomic E-state index is 11.4. The number of benzene rings is 1. The van der Waals surface area contributed by atoms with Gasteiger partial charge >= 0.3 is 0 Å². The number of nitrogens with two attached hydrogens (primary N) is 1. The third-order valence-corrected chi connectivity index (χ3v) is 2.33. The van der Waals surface area contributed by atoms with Crippen molar-refractivity contribution in [2.75, 3.05) is 11.9 Å². The summed E-state index contributed by atoms with van der Waals surface area (Å²) in [6.45, 7) is 0.356. The van der Waals surface area contributed by atoms with E-state index in [0.717, 1.165) is 16.5 Å². The number of carbonyl (C=O) groups is 1. The minimum atomic E-state index is -0.0705. The summed E-state index contributed by atoms with van der Waals surface area (Å²) in [5.41, 5.74) is 6.10. The van der Waals surface area contributed by atoms with Crippen LogP contribution < -0.4 is 11.1 Å². The first-order valence-electron chi connectivity index (χ1n) is 5.14. The Morgan fingerprint density at radius 3 is 3.06 bits per heavy atom. The lowest BCUT2D eigenvalue weighted by atomic mass is 10.1. The van der Waals surface area contributed by atoms with Crippen LogP contribution in [-0.4, -0.2) is 17.4 Å². The zero-order chi connectivity index (χ0) is 11.4. The molecule has 0 aliphatic heterocycles. The molecule has 0 bridgehead atoms. The van der Waals surface area contributed by atoms with Crippen LogP contribution in [0, 0.1) is 0 Å². The lowest BCUT2D eigenvalue weighted by molar-refractivity contribution is -0.116. The minimum Gasteiger partial charge on any atom is -0.330 e. The third kappa shape index (κ3) is 2.17.